The Bertz CT molecular complexity index is 1160. The SMILES string of the molecule is COC[C@H](C)n1c(C)cc(C(=O)Cn2nc(C(=O)O)c3ccccc3c2=O)c1C. The van der Waals surface area contributed by atoms with Gasteiger partial charge in [-0.1, -0.05) is 18.2 Å². The first-order valence-corrected chi connectivity index (χ1v) is 9.20. The molecule has 3 aromatic rings. The lowest BCUT2D eigenvalue weighted by molar-refractivity contribution is 0.0688. The van der Waals surface area contributed by atoms with Crippen LogP contribution in [0.2, 0.25) is 0 Å². The molecule has 8 heteroatoms. The topological polar surface area (TPSA) is 103 Å². The maximum Gasteiger partial charge on any atom is 0.357 e. The van der Waals surface area contributed by atoms with Crippen molar-refractivity contribution < 1.29 is 19.4 Å². The average Bonchev–Trinajstić information content (AvgIpc) is 2.98. The summed E-state index contributed by atoms with van der Waals surface area (Å²) >= 11 is 0. The molecule has 0 aliphatic carbocycles. The number of carbonyl (C=O) groups excluding carboxylic acids is 1. The van der Waals surface area contributed by atoms with E-state index in [0.717, 1.165) is 16.1 Å². The number of hydrogen-bond acceptors (Lipinski definition) is 5. The summed E-state index contributed by atoms with van der Waals surface area (Å²) < 4.78 is 8.15. The Balaban J connectivity index is 2.03. The third kappa shape index (κ3) is 3.71. The van der Waals surface area contributed by atoms with Gasteiger partial charge in [0.05, 0.1) is 18.0 Å². The third-order valence-electron chi connectivity index (χ3n) is 5.00. The van der Waals surface area contributed by atoms with E-state index in [1.807, 2.05) is 25.3 Å². The van der Waals surface area contributed by atoms with Crippen molar-refractivity contribution in [1.82, 2.24) is 14.3 Å². The molecule has 1 atom stereocenters. The minimum absolute atomic E-state index is 0.0432. The van der Waals surface area contributed by atoms with Crippen molar-refractivity contribution in [2.45, 2.75) is 33.4 Å². The number of carboxylic acids is 1. The Kier molecular flexibility index (Phi) is 5.65. The molecule has 152 valence electrons. The molecule has 0 spiro atoms. The van der Waals surface area contributed by atoms with E-state index >= 15 is 0 Å². The van der Waals surface area contributed by atoms with E-state index in [2.05, 4.69) is 5.10 Å². The highest BCUT2D eigenvalue weighted by molar-refractivity contribution is 6.01. The molecule has 8 nitrogen and oxygen atoms in total. The highest BCUT2D eigenvalue weighted by atomic mass is 16.5. The smallest absolute Gasteiger partial charge is 0.357 e. The van der Waals surface area contributed by atoms with Gasteiger partial charge in [-0.05, 0) is 32.9 Å². The lowest BCUT2D eigenvalue weighted by Crippen LogP contribution is -2.29. The fraction of sp³-hybridized carbons (Fsp3) is 0.333. The van der Waals surface area contributed by atoms with Crippen molar-refractivity contribution in [2.75, 3.05) is 13.7 Å². The zero-order chi connectivity index (χ0) is 21.3. The van der Waals surface area contributed by atoms with Gasteiger partial charge in [-0.25, -0.2) is 9.48 Å². The van der Waals surface area contributed by atoms with E-state index in [9.17, 15) is 19.5 Å². The zero-order valence-corrected chi connectivity index (χ0v) is 16.8. The Labute approximate surface area is 167 Å². The van der Waals surface area contributed by atoms with E-state index < -0.39 is 11.5 Å². The molecule has 3 rings (SSSR count). The van der Waals surface area contributed by atoms with Crippen molar-refractivity contribution in [3.63, 3.8) is 0 Å². The number of benzene rings is 1. The second kappa shape index (κ2) is 8.00. The van der Waals surface area contributed by atoms with Crippen LogP contribution in [0.1, 0.15) is 45.2 Å². The van der Waals surface area contributed by atoms with Crippen molar-refractivity contribution in [1.29, 1.82) is 0 Å². The van der Waals surface area contributed by atoms with Crippen LogP contribution in [-0.4, -0.2) is 44.9 Å². The van der Waals surface area contributed by atoms with Gasteiger partial charge in [0, 0.05) is 29.4 Å². The number of Topliss-reactive ketones (excluding diaryl/α,β-unsaturated/α-hetero) is 1. The first-order chi connectivity index (χ1) is 13.8. The lowest BCUT2D eigenvalue weighted by Gasteiger charge is -2.17. The molecule has 0 bridgehead atoms. The summed E-state index contributed by atoms with van der Waals surface area (Å²) in [5.41, 5.74) is 1.39. The van der Waals surface area contributed by atoms with E-state index in [0.29, 0.717) is 12.2 Å². The van der Waals surface area contributed by atoms with Crippen molar-refractivity contribution >= 4 is 22.5 Å². The number of carbonyl (C=O) groups is 2. The van der Waals surface area contributed by atoms with Crippen molar-refractivity contribution in [2.24, 2.45) is 0 Å². The fourth-order valence-electron chi connectivity index (χ4n) is 3.77. The Morgan fingerprint density at radius 2 is 1.86 bits per heavy atom. The summed E-state index contributed by atoms with van der Waals surface area (Å²) in [6.45, 7) is 5.89. The van der Waals surface area contributed by atoms with Gasteiger partial charge >= 0.3 is 5.97 Å². The molecule has 0 saturated heterocycles. The van der Waals surface area contributed by atoms with Gasteiger partial charge in [-0.2, -0.15) is 5.10 Å². The largest absolute Gasteiger partial charge is 0.476 e. The predicted octanol–water partition coefficient (Wildman–Crippen LogP) is 2.60. The maximum atomic E-state index is 13.0. The highest BCUT2D eigenvalue weighted by Gasteiger charge is 2.21. The molecule has 2 heterocycles. The standard InChI is InChI=1S/C21H23N3O5/c1-12-9-17(14(3)24(12)13(2)11-29-4)18(25)10-23-20(26)16-8-6-5-7-15(16)19(22-23)21(27)28/h5-9,13H,10-11H2,1-4H3,(H,27,28)/t13-/m0/s1. The zero-order valence-electron chi connectivity index (χ0n) is 16.8. The summed E-state index contributed by atoms with van der Waals surface area (Å²) in [5.74, 6) is -1.57. The summed E-state index contributed by atoms with van der Waals surface area (Å²) in [7, 11) is 1.62. The van der Waals surface area contributed by atoms with Crippen LogP contribution in [0.4, 0.5) is 0 Å². The fourth-order valence-corrected chi connectivity index (χ4v) is 3.77. The molecule has 1 N–H and O–H groups in total. The number of aromatic nitrogens is 3. The molecule has 29 heavy (non-hydrogen) atoms. The van der Waals surface area contributed by atoms with Crippen LogP contribution in [0.5, 0.6) is 0 Å². The van der Waals surface area contributed by atoms with Crippen LogP contribution in [0, 0.1) is 13.8 Å². The summed E-state index contributed by atoms with van der Waals surface area (Å²) in [4.78, 5) is 37.3. The summed E-state index contributed by atoms with van der Waals surface area (Å²) in [5, 5.41) is 13.9. The number of rotatable bonds is 7. The summed E-state index contributed by atoms with van der Waals surface area (Å²) in [6, 6.07) is 8.17. The minimum Gasteiger partial charge on any atom is -0.476 e. The second-order valence-electron chi connectivity index (χ2n) is 7.04. The van der Waals surface area contributed by atoms with Gasteiger partial charge in [0.2, 0.25) is 0 Å². The Hall–Kier alpha value is -3.26. The first kappa shape index (κ1) is 20.5. The quantitative estimate of drug-likeness (QED) is 0.615. The number of aromatic carboxylic acids is 1. The number of carboxylic acid groups (broad SMARTS) is 1. The van der Waals surface area contributed by atoms with Gasteiger partial charge in [0.15, 0.2) is 11.5 Å². The van der Waals surface area contributed by atoms with Crippen LogP contribution >= 0.6 is 0 Å². The number of ketones is 1. The molecule has 0 fully saturated rings. The Morgan fingerprint density at radius 1 is 1.21 bits per heavy atom. The molecule has 0 aliphatic heterocycles. The van der Waals surface area contributed by atoms with Crippen LogP contribution in [-0.2, 0) is 11.3 Å². The van der Waals surface area contributed by atoms with Gasteiger partial charge in [0.25, 0.3) is 5.56 Å². The highest BCUT2D eigenvalue weighted by Crippen LogP contribution is 2.21. The maximum absolute atomic E-state index is 13.0. The number of fused-ring (bicyclic) bond motifs is 1. The van der Waals surface area contributed by atoms with Crippen molar-refractivity contribution in [3.8, 4) is 0 Å². The molecule has 0 amide bonds. The van der Waals surface area contributed by atoms with Crippen LogP contribution in [0.15, 0.2) is 35.1 Å². The van der Waals surface area contributed by atoms with Crippen LogP contribution in [0.25, 0.3) is 10.8 Å². The molecular weight excluding hydrogens is 374 g/mol. The van der Waals surface area contributed by atoms with Gasteiger partial charge in [0.1, 0.15) is 6.54 Å². The van der Waals surface area contributed by atoms with E-state index in [1.54, 1.807) is 25.3 Å². The molecule has 0 aliphatic rings. The lowest BCUT2D eigenvalue weighted by atomic mass is 10.1. The number of hydrogen-bond donors (Lipinski definition) is 1. The van der Waals surface area contributed by atoms with E-state index in [4.69, 9.17) is 4.74 Å². The predicted molar refractivity (Wildman–Crippen MR) is 108 cm³/mol. The van der Waals surface area contributed by atoms with E-state index in [-0.39, 0.29) is 34.8 Å². The third-order valence-corrected chi connectivity index (χ3v) is 5.00. The first-order valence-electron chi connectivity index (χ1n) is 9.20. The van der Waals surface area contributed by atoms with E-state index in [1.165, 1.54) is 12.1 Å². The van der Waals surface area contributed by atoms with Gasteiger partial charge in [-0.15, -0.1) is 0 Å². The average molecular weight is 397 g/mol. The monoisotopic (exact) mass is 397 g/mol. The van der Waals surface area contributed by atoms with Crippen molar-refractivity contribution in [3.05, 3.63) is 63.3 Å². The number of methoxy groups -OCH3 is 1. The molecule has 0 radical (unpaired) electrons. The number of ether oxygens (including phenoxy) is 1. The van der Waals surface area contributed by atoms with Crippen LogP contribution in [0.3, 0.4) is 0 Å². The van der Waals surface area contributed by atoms with Gasteiger partial charge < -0.3 is 14.4 Å². The second-order valence-corrected chi connectivity index (χ2v) is 7.04. The normalized spacial score (nSPS) is 12.3. The van der Waals surface area contributed by atoms with Gasteiger partial charge in [-0.3, -0.25) is 9.59 Å². The summed E-state index contributed by atoms with van der Waals surface area (Å²) in [6.07, 6.45) is 0. The molecule has 0 unspecified atom stereocenters. The molecule has 0 saturated carbocycles. The van der Waals surface area contributed by atoms with Crippen LogP contribution < -0.4 is 5.56 Å². The number of aryl methyl sites for hydroxylation is 1. The molecular formula is C21H23N3O5. The Morgan fingerprint density at radius 3 is 2.48 bits per heavy atom. The minimum atomic E-state index is -1.26. The molecule has 1 aromatic carbocycles. The number of nitrogens with zero attached hydrogens (tertiary/aromatic N) is 3. The molecule has 2 aromatic heterocycles.